The van der Waals surface area contributed by atoms with Crippen LogP contribution in [0.25, 0.3) is 0 Å². The number of fused-ring (bicyclic) bond motifs is 4. The Morgan fingerprint density at radius 2 is 1.90 bits per heavy atom. The number of carbonyl (C=O) groups is 2. The minimum atomic E-state index is -0.733. The van der Waals surface area contributed by atoms with Crippen LogP contribution in [0.2, 0.25) is 0 Å². The standard InChI is InChI=1S/C17H20O4/c18-14(19)13-8-16(4-3-11(13)7-16)9-17(15(20)21)6-10-1-2-12(17)5-10/h1-4,10-13H,5-9H2,(H,18,19)(H,20,21)/t10?,11?,12?,13?,16-,17?/m1/s1. The minimum Gasteiger partial charge on any atom is -0.481 e. The molecule has 5 unspecified atom stereocenters. The van der Waals surface area contributed by atoms with Crippen molar-refractivity contribution < 1.29 is 19.8 Å². The second-order valence-corrected chi connectivity index (χ2v) is 7.57. The van der Waals surface area contributed by atoms with Crippen LogP contribution in [0.4, 0.5) is 0 Å². The maximum atomic E-state index is 12.0. The third kappa shape index (κ3) is 1.68. The lowest BCUT2D eigenvalue weighted by atomic mass is 9.64. The Morgan fingerprint density at radius 1 is 1.10 bits per heavy atom. The smallest absolute Gasteiger partial charge is 0.310 e. The molecule has 0 saturated heterocycles. The van der Waals surface area contributed by atoms with Crippen molar-refractivity contribution in [1.82, 2.24) is 0 Å². The quantitative estimate of drug-likeness (QED) is 0.780. The fraction of sp³-hybridized carbons (Fsp3) is 0.647. The summed E-state index contributed by atoms with van der Waals surface area (Å²) in [4.78, 5) is 23.4. The van der Waals surface area contributed by atoms with Crippen molar-refractivity contribution in [2.45, 2.75) is 32.1 Å². The van der Waals surface area contributed by atoms with Crippen LogP contribution in [-0.4, -0.2) is 22.2 Å². The molecule has 0 aromatic rings. The Bertz CT molecular complexity index is 577. The highest BCUT2D eigenvalue weighted by Gasteiger charge is 2.60. The lowest BCUT2D eigenvalue weighted by Crippen LogP contribution is -2.40. The monoisotopic (exact) mass is 288 g/mol. The van der Waals surface area contributed by atoms with E-state index in [2.05, 4.69) is 18.2 Å². The topological polar surface area (TPSA) is 74.6 Å². The van der Waals surface area contributed by atoms with E-state index in [1.54, 1.807) is 0 Å². The summed E-state index contributed by atoms with van der Waals surface area (Å²) in [5.74, 6) is -1.11. The van der Waals surface area contributed by atoms with E-state index in [1.807, 2.05) is 6.08 Å². The van der Waals surface area contributed by atoms with E-state index < -0.39 is 17.4 Å². The summed E-state index contributed by atoms with van der Waals surface area (Å²) < 4.78 is 0. The lowest BCUT2D eigenvalue weighted by Gasteiger charge is -2.38. The van der Waals surface area contributed by atoms with Crippen LogP contribution in [0.1, 0.15) is 32.1 Å². The van der Waals surface area contributed by atoms with Gasteiger partial charge >= 0.3 is 11.9 Å². The van der Waals surface area contributed by atoms with Gasteiger partial charge in [-0.2, -0.15) is 0 Å². The fourth-order valence-corrected chi connectivity index (χ4v) is 5.53. The molecule has 6 atom stereocenters. The molecule has 2 N–H and O–H groups in total. The van der Waals surface area contributed by atoms with E-state index in [9.17, 15) is 19.8 Å². The maximum absolute atomic E-state index is 12.0. The highest BCUT2D eigenvalue weighted by atomic mass is 16.4. The summed E-state index contributed by atoms with van der Waals surface area (Å²) >= 11 is 0. The average molecular weight is 288 g/mol. The number of carboxylic acids is 2. The molecule has 0 spiro atoms. The molecular formula is C17H20O4. The van der Waals surface area contributed by atoms with Gasteiger partial charge in [-0.3, -0.25) is 9.59 Å². The Kier molecular flexibility index (Phi) is 2.49. The molecule has 0 aromatic carbocycles. The number of aliphatic carboxylic acids is 2. The van der Waals surface area contributed by atoms with Crippen LogP contribution in [-0.2, 0) is 9.59 Å². The van der Waals surface area contributed by atoms with Crippen LogP contribution in [0.5, 0.6) is 0 Å². The SMILES string of the molecule is O=C(O)C1C[C@@]2(CC3(C(=O)O)CC4C=CC3C4)C=CC1C2. The molecule has 0 amide bonds. The van der Waals surface area contributed by atoms with Crippen molar-refractivity contribution in [3.63, 3.8) is 0 Å². The van der Waals surface area contributed by atoms with E-state index in [0.717, 1.165) is 19.3 Å². The zero-order chi connectivity index (χ0) is 14.8. The van der Waals surface area contributed by atoms with Crippen LogP contribution >= 0.6 is 0 Å². The van der Waals surface area contributed by atoms with Gasteiger partial charge in [0.2, 0.25) is 0 Å². The number of allylic oxidation sites excluding steroid dienone is 4. The second-order valence-electron chi connectivity index (χ2n) is 7.57. The molecule has 112 valence electrons. The van der Waals surface area contributed by atoms with Gasteiger partial charge in [0.25, 0.3) is 0 Å². The van der Waals surface area contributed by atoms with Crippen LogP contribution in [0.15, 0.2) is 24.3 Å². The molecule has 2 saturated carbocycles. The van der Waals surface area contributed by atoms with Crippen LogP contribution in [0.3, 0.4) is 0 Å². The molecular weight excluding hydrogens is 268 g/mol. The van der Waals surface area contributed by atoms with Crippen molar-refractivity contribution in [3.8, 4) is 0 Å². The van der Waals surface area contributed by atoms with Crippen molar-refractivity contribution in [1.29, 1.82) is 0 Å². The Hall–Kier alpha value is -1.58. The summed E-state index contributed by atoms with van der Waals surface area (Å²) in [7, 11) is 0. The van der Waals surface area contributed by atoms with Gasteiger partial charge in [0, 0.05) is 0 Å². The molecule has 4 nitrogen and oxygen atoms in total. The molecule has 0 aromatic heterocycles. The second kappa shape index (κ2) is 3.99. The van der Waals surface area contributed by atoms with E-state index in [1.165, 1.54) is 0 Å². The predicted octanol–water partition coefficient (Wildman–Crippen LogP) is 2.71. The zero-order valence-corrected chi connectivity index (χ0v) is 11.9. The van der Waals surface area contributed by atoms with Crippen molar-refractivity contribution >= 4 is 11.9 Å². The lowest BCUT2D eigenvalue weighted by molar-refractivity contribution is -0.152. The molecule has 4 heteroatoms. The van der Waals surface area contributed by atoms with Gasteiger partial charge in [0.15, 0.2) is 0 Å². The summed E-state index contributed by atoms with van der Waals surface area (Å²) in [5.41, 5.74) is -0.878. The van der Waals surface area contributed by atoms with Gasteiger partial charge in [-0.15, -0.1) is 0 Å². The van der Waals surface area contributed by atoms with Crippen LogP contribution < -0.4 is 0 Å². The van der Waals surface area contributed by atoms with Gasteiger partial charge in [0.05, 0.1) is 11.3 Å². The van der Waals surface area contributed by atoms with Gasteiger partial charge in [-0.25, -0.2) is 0 Å². The minimum absolute atomic E-state index is 0.0995. The number of carboxylic acid groups (broad SMARTS) is 2. The van der Waals surface area contributed by atoms with Crippen molar-refractivity contribution in [3.05, 3.63) is 24.3 Å². The molecule has 4 aliphatic carbocycles. The van der Waals surface area contributed by atoms with Gasteiger partial charge < -0.3 is 10.2 Å². The third-order valence-electron chi connectivity index (χ3n) is 6.40. The fourth-order valence-electron chi connectivity index (χ4n) is 5.53. The predicted molar refractivity (Wildman–Crippen MR) is 75.5 cm³/mol. The normalized spacial score (nSPS) is 49.1. The zero-order valence-electron chi connectivity index (χ0n) is 11.9. The first-order chi connectivity index (χ1) is 9.94. The first-order valence-corrected chi connectivity index (χ1v) is 7.78. The summed E-state index contributed by atoms with van der Waals surface area (Å²) in [6.45, 7) is 0. The molecule has 2 fully saturated rings. The van der Waals surface area contributed by atoms with E-state index >= 15 is 0 Å². The van der Waals surface area contributed by atoms with Crippen LogP contribution in [0, 0.1) is 34.5 Å². The number of hydrogen-bond acceptors (Lipinski definition) is 2. The largest absolute Gasteiger partial charge is 0.481 e. The molecule has 4 bridgehead atoms. The molecule has 4 rings (SSSR count). The maximum Gasteiger partial charge on any atom is 0.310 e. The van der Waals surface area contributed by atoms with E-state index in [4.69, 9.17) is 0 Å². The molecule has 4 aliphatic rings. The van der Waals surface area contributed by atoms with Crippen molar-refractivity contribution in [2.75, 3.05) is 0 Å². The van der Waals surface area contributed by atoms with Crippen molar-refractivity contribution in [2.24, 2.45) is 34.5 Å². The molecule has 0 heterocycles. The third-order valence-corrected chi connectivity index (χ3v) is 6.40. The number of rotatable bonds is 4. The van der Waals surface area contributed by atoms with Gasteiger partial charge in [-0.05, 0) is 55.3 Å². The summed E-state index contributed by atoms with van der Waals surface area (Å²) in [6, 6.07) is 0. The Labute approximate surface area is 123 Å². The molecule has 0 aliphatic heterocycles. The summed E-state index contributed by atoms with van der Waals surface area (Å²) in [5, 5.41) is 19.2. The first-order valence-electron chi connectivity index (χ1n) is 7.78. The highest BCUT2D eigenvalue weighted by Crippen LogP contribution is 2.63. The van der Waals surface area contributed by atoms with Gasteiger partial charge in [0.1, 0.15) is 0 Å². The average Bonchev–Trinajstić information content (AvgIpc) is 3.15. The van der Waals surface area contributed by atoms with Gasteiger partial charge in [-0.1, -0.05) is 24.3 Å². The number of hydrogen-bond donors (Lipinski definition) is 2. The van der Waals surface area contributed by atoms with E-state index in [0.29, 0.717) is 18.8 Å². The molecule has 21 heavy (non-hydrogen) atoms. The molecule has 0 radical (unpaired) electrons. The summed E-state index contributed by atoms with van der Waals surface area (Å²) in [6.07, 6.45) is 12.1. The first kappa shape index (κ1) is 13.1. The Balaban J connectivity index is 1.64. The van der Waals surface area contributed by atoms with E-state index in [-0.39, 0.29) is 23.2 Å². The Morgan fingerprint density at radius 3 is 2.43 bits per heavy atom. The highest BCUT2D eigenvalue weighted by molar-refractivity contribution is 5.77.